The largest absolute Gasteiger partial charge is 0.369 e. The third-order valence-corrected chi connectivity index (χ3v) is 5.78. The van der Waals surface area contributed by atoms with Crippen LogP contribution in [-0.2, 0) is 19.6 Å². The van der Waals surface area contributed by atoms with Crippen molar-refractivity contribution >= 4 is 15.9 Å². The number of amides is 1. The molecule has 1 N–H and O–H groups in total. The molecule has 1 amide bonds. The van der Waals surface area contributed by atoms with Gasteiger partial charge in [0.1, 0.15) is 6.10 Å². The molecular weight excluding hydrogens is 340 g/mol. The molecule has 0 saturated carbocycles. The van der Waals surface area contributed by atoms with Crippen molar-refractivity contribution in [3.63, 3.8) is 0 Å². The van der Waals surface area contributed by atoms with Crippen LogP contribution in [0.2, 0.25) is 0 Å². The molecule has 0 bridgehead atoms. The topological polar surface area (TPSA) is 75.7 Å². The number of nitrogens with zero attached hydrogens (tertiary/aromatic N) is 1. The van der Waals surface area contributed by atoms with Crippen LogP contribution >= 0.6 is 0 Å². The van der Waals surface area contributed by atoms with Crippen molar-refractivity contribution in [2.75, 3.05) is 20.7 Å². The lowest BCUT2D eigenvalue weighted by molar-refractivity contribution is -0.132. The van der Waals surface area contributed by atoms with E-state index in [9.17, 15) is 13.2 Å². The number of hydrogen-bond acceptors (Lipinski definition) is 4. The highest BCUT2D eigenvalue weighted by Gasteiger charge is 2.19. The van der Waals surface area contributed by atoms with Crippen LogP contribution in [0.3, 0.4) is 0 Å². The minimum atomic E-state index is -3.45. The van der Waals surface area contributed by atoms with E-state index in [2.05, 4.69) is 19.2 Å². The molecule has 0 aromatic heterocycles. The zero-order chi connectivity index (χ0) is 19.2. The molecule has 0 spiro atoms. The third-order valence-electron chi connectivity index (χ3n) is 3.95. The number of ether oxygens (including phenoxy) is 1. The van der Waals surface area contributed by atoms with Crippen molar-refractivity contribution in [1.29, 1.82) is 0 Å². The molecule has 2 atom stereocenters. The molecule has 0 aliphatic heterocycles. The van der Waals surface area contributed by atoms with Gasteiger partial charge in [-0.05, 0) is 43.9 Å². The summed E-state index contributed by atoms with van der Waals surface area (Å²) in [4.78, 5) is 12.4. The van der Waals surface area contributed by atoms with Crippen LogP contribution in [0.25, 0.3) is 0 Å². The molecule has 1 aromatic carbocycles. The van der Waals surface area contributed by atoms with Gasteiger partial charge in [-0.15, -0.1) is 0 Å². The summed E-state index contributed by atoms with van der Waals surface area (Å²) in [6, 6.07) is 6.29. The molecule has 25 heavy (non-hydrogen) atoms. The number of hydrogen-bond donors (Lipinski definition) is 1. The molecule has 0 radical (unpaired) electrons. The molecule has 1 rings (SSSR count). The molecule has 1 aromatic rings. The Bertz CT molecular complexity index is 654. The Kier molecular flexibility index (Phi) is 8.05. The van der Waals surface area contributed by atoms with Crippen molar-refractivity contribution in [1.82, 2.24) is 9.62 Å². The molecule has 0 aliphatic carbocycles. The fourth-order valence-electron chi connectivity index (χ4n) is 2.11. The standard InChI is InChI=1S/C18H30N2O4S/c1-13(2)11-12-24-15(4)18(21)19-14(3)16-7-9-17(10-8-16)25(22,23)20(5)6/h7-10,13-15H,11-12H2,1-6H3,(H,19,21)/t14-,15-/m1/s1. The lowest BCUT2D eigenvalue weighted by Gasteiger charge is -2.19. The summed E-state index contributed by atoms with van der Waals surface area (Å²) in [6.07, 6.45) is 0.393. The van der Waals surface area contributed by atoms with E-state index in [1.165, 1.54) is 18.4 Å². The summed E-state index contributed by atoms with van der Waals surface area (Å²) in [5, 5.41) is 2.89. The summed E-state index contributed by atoms with van der Waals surface area (Å²) >= 11 is 0. The highest BCUT2D eigenvalue weighted by atomic mass is 32.2. The number of rotatable bonds is 9. The molecule has 0 fully saturated rings. The third kappa shape index (κ3) is 6.41. The monoisotopic (exact) mass is 370 g/mol. The van der Waals surface area contributed by atoms with Gasteiger partial charge in [0.25, 0.3) is 0 Å². The van der Waals surface area contributed by atoms with E-state index in [4.69, 9.17) is 4.74 Å². The van der Waals surface area contributed by atoms with Gasteiger partial charge in [0, 0.05) is 20.7 Å². The van der Waals surface area contributed by atoms with E-state index in [-0.39, 0.29) is 16.8 Å². The van der Waals surface area contributed by atoms with Gasteiger partial charge < -0.3 is 10.1 Å². The van der Waals surface area contributed by atoms with Gasteiger partial charge in [0.2, 0.25) is 15.9 Å². The summed E-state index contributed by atoms with van der Waals surface area (Å²) in [5.41, 5.74) is 0.834. The average Bonchev–Trinajstić information content (AvgIpc) is 2.54. The summed E-state index contributed by atoms with van der Waals surface area (Å²) in [6.45, 7) is 8.35. The van der Waals surface area contributed by atoms with Crippen molar-refractivity contribution in [3.8, 4) is 0 Å². The van der Waals surface area contributed by atoms with Crippen LogP contribution in [0.15, 0.2) is 29.2 Å². The van der Waals surface area contributed by atoms with E-state index in [0.717, 1.165) is 12.0 Å². The Morgan fingerprint density at radius 3 is 2.16 bits per heavy atom. The molecule has 0 heterocycles. The highest BCUT2D eigenvalue weighted by molar-refractivity contribution is 7.89. The zero-order valence-electron chi connectivity index (χ0n) is 15.9. The van der Waals surface area contributed by atoms with Crippen molar-refractivity contribution < 1.29 is 17.9 Å². The summed E-state index contributed by atoms with van der Waals surface area (Å²) in [7, 11) is -0.462. The van der Waals surface area contributed by atoms with E-state index in [0.29, 0.717) is 12.5 Å². The Balaban J connectivity index is 2.65. The second-order valence-electron chi connectivity index (χ2n) is 6.78. The Labute approximate surface area is 151 Å². The number of sulfonamides is 1. The van der Waals surface area contributed by atoms with Gasteiger partial charge in [0.05, 0.1) is 10.9 Å². The van der Waals surface area contributed by atoms with Gasteiger partial charge >= 0.3 is 0 Å². The zero-order valence-corrected chi connectivity index (χ0v) is 16.8. The first-order chi connectivity index (χ1) is 11.6. The van der Waals surface area contributed by atoms with Crippen LogP contribution in [0.5, 0.6) is 0 Å². The summed E-state index contributed by atoms with van der Waals surface area (Å²) < 4.78 is 30.9. The number of carbonyl (C=O) groups excluding carboxylic acids is 1. The van der Waals surface area contributed by atoms with E-state index in [1.807, 2.05) is 6.92 Å². The maximum absolute atomic E-state index is 12.2. The molecule has 0 aliphatic rings. The minimum Gasteiger partial charge on any atom is -0.369 e. The molecule has 0 saturated heterocycles. The molecule has 6 nitrogen and oxygen atoms in total. The maximum atomic E-state index is 12.2. The first kappa shape index (κ1) is 21.6. The predicted molar refractivity (Wildman–Crippen MR) is 98.7 cm³/mol. The fraction of sp³-hybridized carbons (Fsp3) is 0.611. The Hall–Kier alpha value is -1.44. The Morgan fingerprint density at radius 2 is 1.68 bits per heavy atom. The van der Waals surface area contributed by atoms with E-state index >= 15 is 0 Å². The van der Waals surface area contributed by atoms with E-state index < -0.39 is 16.1 Å². The lowest BCUT2D eigenvalue weighted by Crippen LogP contribution is -2.36. The number of carbonyl (C=O) groups is 1. The van der Waals surface area contributed by atoms with Crippen LogP contribution in [-0.4, -0.2) is 45.4 Å². The van der Waals surface area contributed by atoms with Crippen molar-refractivity contribution in [2.24, 2.45) is 5.92 Å². The van der Waals surface area contributed by atoms with E-state index in [1.54, 1.807) is 31.2 Å². The van der Waals surface area contributed by atoms with Crippen molar-refractivity contribution in [3.05, 3.63) is 29.8 Å². The molecule has 142 valence electrons. The molecule has 7 heteroatoms. The predicted octanol–water partition coefficient (Wildman–Crippen LogP) is 2.57. The van der Waals surface area contributed by atoms with Gasteiger partial charge in [-0.2, -0.15) is 0 Å². The smallest absolute Gasteiger partial charge is 0.249 e. The first-order valence-corrected chi connectivity index (χ1v) is 9.94. The number of nitrogens with one attached hydrogen (secondary N) is 1. The van der Waals surface area contributed by atoms with Gasteiger partial charge in [-0.25, -0.2) is 12.7 Å². The molecule has 0 unspecified atom stereocenters. The SMILES string of the molecule is CC(C)CCO[C@H](C)C(=O)N[C@H](C)c1ccc(S(=O)(=O)N(C)C)cc1. The van der Waals surface area contributed by atoms with Gasteiger partial charge in [-0.3, -0.25) is 4.79 Å². The Morgan fingerprint density at radius 1 is 1.12 bits per heavy atom. The second kappa shape index (κ2) is 9.31. The van der Waals surface area contributed by atoms with Crippen LogP contribution in [0.4, 0.5) is 0 Å². The van der Waals surface area contributed by atoms with Crippen LogP contribution in [0, 0.1) is 5.92 Å². The first-order valence-electron chi connectivity index (χ1n) is 8.50. The lowest BCUT2D eigenvalue weighted by atomic mass is 10.1. The van der Waals surface area contributed by atoms with Gasteiger partial charge in [-0.1, -0.05) is 26.0 Å². The quantitative estimate of drug-likeness (QED) is 0.725. The maximum Gasteiger partial charge on any atom is 0.249 e. The average molecular weight is 371 g/mol. The van der Waals surface area contributed by atoms with Crippen LogP contribution < -0.4 is 5.32 Å². The van der Waals surface area contributed by atoms with Crippen LogP contribution in [0.1, 0.15) is 45.7 Å². The highest BCUT2D eigenvalue weighted by Crippen LogP contribution is 2.18. The van der Waals surface area contributed by atoms with Gasteiger partial charge in [0.15, 0.2) is 0 Å². The van der Waals surface area contributed by atoms with Crippen molar-refractivity contribution in [2.45, 2.75) is 51.2 Å². The minimum absolute atomic E-state index is 0.179. The summed E-state index contributed by atoms with van der Waals surface area (Å²) in [5.74, 6) is 0.354. The molecular formula is C18H30N2O4S. The fourth-order valence-corrected chi connectivity index (χ4v) is 3.01. The second-order valence-corrected chi connectivity index (χ2v) is 8.93. The number of benzene rings is 1. The normalized spacial score (nSPS) is 14.6.